The average Bonchev–Trinajstić information content (AvgIpc) is 1.72. The minimum absolute atomic E-state index is 0.00791. The summed E-state index contributed by atoms with van der Waals surface area (Å²) in [7, 11) is -12.8. The van der Waals surface area contributed by atoms with Gasteiger partial charge in [0.25, 0.3) is 47.8 Å². The normalized spacial score (nSPS) is 17.4. The van der Waals surface area contributed by atoms with E-state index in [2.05, 4.69) is 83.5 Å². The molecule has 1 spiro atoms. The quantitative estimate of drug-likeness (QED) is 0.0327. The number of ether oxygens (including phenoxy) is 3. The van der Waals surface area contributed by atoms with E-state index in [1.807, 2.05) is 56.9 Å². The lowest BCUT2D eigenvalue weighted by Crippen LogP contribution is -2.41. The monoisotopic (exact) mass is 1630 g/mol. The Morgan fingerprint density at radius 2 is 1.03 bits per heavy atom. The molecule has 8 aromatic heterocycles. The number of nitrogen functional groups attached to an aromatic ring is 3. The Kier molecular flexibility index (Phi) is 25.2. The van der Waals surface area contributed by atoms with Crippen LogP contribution in [0.1, 0.15) is 158 Å². The van der Waals surface area contributed by atoms with Crippen LogP contribution in [-0.4, -0.2) is 140 Å². The number of aromatic nitrogens is 8. The van der Waals surface area contributed by atoms with Crippen molar-refractivity contribution in [1.29, 1.82) is 0 Å². The summed E-state index contributed by atoms with van der Waals surface area (Å²) in [6.45, 7) is 22.3. The summed E-state index contributed by atoms with van der Waals surface area (Å²) in [4.78, 5) is 81.3. The number of rotatable bonds is 24. The van der Waals surface area contributed by atoms with Gasteiger partial charge in [0.05, 0.1) is 58.3 Å². The fourth-order valence-electron chi connectivity index (χ4n) is 14.8. The van der Waals surface area contributed by atoms with E-state index in [0.717, 1.165) is 70.0 Å². The molecular weight excluding hydrogens is 1530 g/mol. The first-order valence-electron chi connectivity index (χ1n) is 38.6. The number of nitrogens with one attached hydrogen (secondary N) is 3. The third-order valence-electron chi connectivity index (χ3n) is 20.7. The van der Waals surface area contributed by atoms with Gasteiger partial charge in [-0.2, -0.15) is 25.3 Å². The summed E-state index contributed by atoms with van der Waals surface area (Å²) in [6, 6.07) is 35.8. The van der Waals surface area contributed by atoms with Crippen molar-refractivity contribution in [3.63, 3.8) is 0 Å². The molecule has 9 N–H and O–H groups in total. The summed E-state index contributed by atoms with van der Waals surface area (Å²) in [5.74, 6) is 1.44. The van der Waals surface area contributed by atoms with Gasteiger partial charge in [-0.15, -0.1) is 0 Å². The molecule has 29 nitrogen and oxygen atoms in total. The number of halogens is 1. The van der Waals surface area contributed by atoms with Gasteiger partial charge < -0.3 is 46.1 Å². The zero-order valence-electron chi connectivity index (χ0n) is 65.8. The number of hydrogen-bond acceptors (Lipinski definition) is 26. The number of sulfonamides is 3. The molecule has 2 bridgehead atoms. The number of carbonyl (C=O) groups excluding carboxylic acids is 3. The topological polar surface area (TPSA) is 408 Å². The molecule has 5 aliphatic rings. The molecule has 3 saturated heterocycles. The van der Waals surface area contributed by atoms with Crippen LogP contribution in [0.4, 0.5) is 39.3 Å². The van der Waals surface area contributed by atoms with E-state index in [9.17, 15) is 44.0 Å². The number of nitrogens with two attached hydrogens (primary N) is 3. The first kappa shape index (κ1) is 83.2. The van der Waals surface area contributed by atoms with Crippen molar-refractivity contribution in [2.24, 2.45) is 29.1 Å². The Bertz CT molecular complexity index is 5410. The summed E-state index contributed by atoms with van der Waals surface area (Å²) in [5, 5.41) is -1.02. The van der Waals surface area contributed by atoms with Gasteiger partial charge in [0.15, 0.2) is 15.1 Å². The number of fused-ring (bicyclic) bond motifs is 2. The Labute approximate surface area is 670 Å². The van der Waals surface area contributed by atoms with Crippen LogP contribution in [0.15, 0.2) is 161 Å². The second kappa shape index (κ2) is 34.9. The Balaban J connectivity index is 0.000000159. The largest absolute Gasteiger partial charge is 0.493 e. The number of nitrogens with zero attached hydrogens (tertiary/aromatic N) is 11. The molecule has 5 fully saturated rings. The maximum Gasteiger partial charge on any atom is 0.281 e. The first-order chi connectivity index (χ1) is 54.6. The number of hydrogen-bond donors (Lipinski definition) is 6. The number of pyridine rings is 8. The summed E-state index contributed by atoms with van der Waals surface area (Å²) in [5.41, 5.74) is 20.9. The highest BCUT2D eigenvalue weighted by Crippen LogP contribution is 2.54. The summed E-state index contributed by atoms with van der Waals surface area (Å²) >= 11 is 0. The molecule has 0 radical (unpaired) electrons. The van der Waals surface area contributed by atoms with Crippen molar-refractivity contribution in [2.75, 3.05) is 71.2 Å². The van der Waals surface area contributed by atoms with Gasteiger partial charge in [-0.1, -0.05) is 58.9 Å². The van der Waals surface area contributed by atoms with Crippen LogP contribution in [0.2, 0.25) is 0 Å². The zero-order chi connectivity index (χ0) is 82.3. The fraction of sp³-hybridized carbons (Fsp3) is 0.402. The van der Waals surface area contributed by atoms with E-state index in [-0.39, 0.29) is 72.9 Å². The molecule has 14 rings (SSSR count). The summed E-state index contributed by atoms with van der Waals surface area (Å²) in [6.07, 6.45) is 12.2. The van der Waals surface area contributed by atoms with Crippen LogP contribution in [0.3, 0.4) is 0 Å². The van der Waals surface area contributed by atoms with E-state index in [1.165, 1.54) is 85.6 Å². The van der Waals surface area contributed by atoms with Crippen LogP contribution >= 0.6 is 0 Å². The molecule has 608 valence electrons. The first-order valence-corrected chi connectivity index (χ1v) is 43.0. The standard InChI is InChI=1S/C28H32FN5O4S.C28H36N6O4S.C26H30N6O4S/c1-17(2)16-38-22-12-20(11-21(29)13-22)24-9-8-23(27(31-24)34-14-18-6-7-19(10-18)15-34)28(35)33-39(36,37)26-5-3-4-25(30)32-26;1-6-19(7-2)38-24-12-8-10-21(30-24)22-15-14-20(26(31-22)34-17-18(3)16-28(34,4)5)27(35)33-39(36,37)25-13-9-11-23(29)32-25;1-17(2)36-22-9-6-18(16-28-22)20-8-7-19(24(29-20)32-14-12-26(10-11-26)13-15-32)25(33)31-37(34,35)23-5-3-4-21(27)30-23/h3-5,8-9,11-13,17-19H,6-7,10,14-16H2,1-2H3,(H2,30,32)(H,33,35);8-15,18-19H,6-7,16-17H2,1-5H3,(H2,29,32)(H,33,35);3-9,16-17H,10-15H2,1-2H3,(H2,27,30)(H,31,33). The predicted molar refractivity (Wildman–Crippen MR) is 437 cm³/mol. The number of benzene rings is 1. The van der Waals surface area contributed by atoms with Gasteiger partial charge in [0.2, 0.25) is 11.8 Å². The number of carbonyl (C=O) groups is 3. The van der Waals surface area contributed by atoms with E-state index in [4.69, 9.17) is 46.4 Å². The van der Waals surface area contributed by atoms with Crippen molar-refractivity contribution >= 4 is 82.7 Å². The van der Waals surface area contributed by atoms with Crippen molar-refractivity contribution in [3.8, 4) is 51.4 Å². The van der Waals surface area contributed by atoms with Crippen molar-refractivity contribution in [3.05, 3.63) is 168 Å². The minimum atomic E-state index is -4.28. The van der Waals surface area contributed by atoms with E-state index in [0.29, 0.717) is 113 Å². The second-order valence-corrected chi connectivity index (χ2v) is 36.1. The molecule has 2 aliphatic carbocycles. The molecule has 11 heterocycles. The van der Waals surface area contributed by atoms with Crippen molar-refractivity contribution < 1.29 is 58.2 Å². The van der Waals surface area contributed by atoms with Crippen molar-refractivity contribution in [1.82, 2.24) is 54.0 Å². The van der Waals surface area contributed by atoms with Crippen molar-refractivity contribution in [2.45, 2.75) is 159 Å². The van der Waals surface area contributed by atoms with Gasteiger partial charge in [-0.3, -0.25) is 14.4 Å². The third-order valence-corrected chi connectivity index (χ3v) is 24.4. The number of piperidine rings is 2. The Morgan fingerprint density at radius 1 is 0.539 bits per heavy atom. The molecule has 33 heteroatoms. The lowest BCUT2D eigenvalue weighted by atomic mass is 9.93. The van der Waals surface area contributed by atoms with Crippen LogP contribution in [0.25, 0.3) is 33.9 Å². The van der Waals surface area contributed by atoms with Gasteiger partial charge in [0.1, 0.15) is 46.5 Å². The molecule has 115 heavy (non-hydrogen) atoms. The minimum Gasteiger partial charge on any atom is -0.493 e. The van der Waals surface area contributed by atoms with Gasteiger partial charge >= 0.3 is 0 Å². The van der Waals surface area contributed by atoms with Crippen LogP contribution < -0.4 is 60.3 Å². The molecule has 3 unspecified atom stereocenters. The second-order valence-electron chi connectivity index (χ2n) is 31.2. The van der Waals surface area contributed by atoms with E-state index >= 15 is 0 Å². The highest BCUT2D eigenvalue weighted by Gasteiger charge is 2.46. The molecule has 3 aliphatic heterocycles. The molecule has 9 aromatic rings. The molecular formula is C82H98FN17O12S3. The maximum atomic E-state index is 14.5. The molecule has 3 atom stereocenters. The lowest BCUT2D eigenvalue weighted by molar-refractivity contribution is 0.0972. The smallest absolute Gasteiger partial charge is 0.281 e. The SMILES string of the molecule is CC(C)COc1cc(F)cc(-c2ccc(C(=O)NS(=O)(=O)c3cccc(N)n3)c(N3CC4CCC(C4)C3)n2)c1.CC(C)Oc1ccc(-c2ccc(C(=O)NS(=O)(=O)c3cccc(N)n3)c(N3CCC4(CC3)CC4)n2)cn1.CCC(CC)Oc1cccc(-c2ccc(C(=O)NS(=O)(=O)c3cccc(N)n3)c(N3CC(C)CC3(C)C)n2)n1. The molecule has 1 aromatic carbocycles. The van der Waals surface area contributed by atoms with E-state index < -0.39 is 53.6 Å². The van der Waals surface area contributed by atoms with Crippen LogP contribution in [0.5, 0.6) is 17.5 Å². The summed E-state index contributed by atoms with van der Waals surface area (Å²) < 4.78 is 116. The number of anilines is 6. The third kappa shape index (κ3) is 20.7. The van der Waals surface area contributed by atoms with Crippen LogP contribution in [0, 0.1) is 34.9 Å². The van der Waals surface area contributed by atoms with Gasteiger partial charge in [-0.05, 0) is 218 Å². The number of amides is 3. The van der Waals surface area contributed by atoms with E-state index in [1.54, 1.807) is 48.7 Å². The Hall–Kier alpha value is -11.2. The maximum absolute atomic E-state index is 14.5. The zero-order valence-corrected chi connectivity index (χ0v) is 68.2. The fourth-order valence-corrected chi connectivity index (χ4v) is 17.6. The highest BCUT2D eigenvalue weighted by atomic mass is 32.2. The molecule has 3 amide bonds. The molecule has 2 saturated carbocycles. The van der Waals surface area contributed by atoms with Gasteiger partial charge in [0, 0.05) is 73.8 Å². The van der Waals surface area contributed by atoms with Crippen LogP contribution in [-0.2, 0) is 30.1 Å². The predicted octanol–water partition coefficient (Wildman–Crippen LogP) is 12.1. The van der Waals surface area contributed by atoms with Gasteiger partial charge in [-0.25, -0.2) is 58.4 Å². The lowest BCUT2D eigenvalue weighted by Gasteiger charge is -2.34. The Morgan fingerprint density at radius 3 is 1.50 bits per heavy atom. The average molecular weight is 1630 g/mol. The highest BCUT2D eigenvalue weighted by molar-refractivity contribution is 7.90.